The van der Waals surface area contributed by atoms with Crippen molar-refractivity contribution >= 4 is 12.0 Å². The third-order valence-electron chi connectivity index (χ3n) is 3.51. The average Bonchev–Trinajstić information content (AvgIpc) is 2.55. The summed E-state index contributed by atoms with van der Waals surface area (Å²) in [6.45, 7) is 5.47. The molecule has 2 aromatic carbocycles. The minimum atomic E-state index is 0.0622. The molecule has 2 heteroatoms. The summed E-state index contributed by atoms with van der Waals surface area (Å²) in [5.74, 6) is 0.0622. The molecule has 0 N–H and O–H groups in total. The van der Waals surface area contributed by atoms with Gasteiger partial charge in [-0.05, 0) is 36.6 Å². The van der Waals surface area contributed by atoms with Crippen molar-refractivity contribution in [1.82, 2.24) is 4.90 Å². The van der Waals surface area contributed by atoms with Crippen LogP contribution in [0.4, 0.5) is 0 Å². The first-order chi connectivity index (χ1) is 10.2. The van der Waals surface area contributed by atoms with E-state index in [0.29, 0.717) is 0 Å². The molecule has 0 spiro atoms. The molecule has 0 heterocycles. The Hall–Kier alpha value is -2.35. The van der Waals surface area contributed by atoms with Crippen molar-refractivity contribution < 1.29 is 4.79 Å². The van der Waals surface area contributed by atoms with Gasteiger partial charge in [0.1, 0.15) is 0 Å². The van der Waals surface area contributed by atoms with Gasteiger partial charge in [0.2, 0.25) is 5.91 Å². The van der Waals surface area contributed by atoms with Gasteiger partial charge in [-0.3, -0.25) is 4.79 Å². The van der Waals surface area contributed by atoms with Crippen molar-refractivity contribution in [3.63, 3.8) is 0 Å². The minimum Gasteiger partial charge on any atom is -0.340 e. The summed E-state index contributed by atoms with van der Waals surface area (Å²) >= 11 is 0. The third-order valence-corrected chi connectivity index (χ3v) is 3.51. The number of amides is 1. The summed E-state index contributed by atoms with van der Waals surface area (Å²) in [6.07, 6.45) is 3.51. The van der Waals surface area contributed by atoms with Gasteiger partial charge in [-0.1, -0.05) is 54.6 Å². The van der Waals surface area contributed by atoms with Gasteiger partial charge >= 0.3 is 0 Å². The summed E-state index contributed by atoms with van der Waals surface area (Å²) in [5, 5.41) is 0. The lowest BCUT2D eigenvalue weighted by molar-refractivity contribution is -0.125. The summed E-state index contributed by atoms with van der Waals surface area (Å²) in [4.78, 5) is 13.7. The summed E-state index contributed by atoms with van der Waals surface area (Å²) in [6, 6.07) is 18.5. The first-order valence-corrected chi connectivity index (χ1v) is 7.37. The topological polar surface area (TPSA) is 20.3 Å². The zero-order valence-corrected chi connectivity index (χ0v) is 12.6. The lowest BCUT2D eigenvalue weighted by atomic mass is 10.0. The highest BCUT2D eigenvalue weighted by Crippen LogP contribution is 2.19. The maximum absolute atomic E-state index is 11.9. The maximum Gasteiger partial charge on any atom is 0.246 e. The van der Waals surface area contributed by atoms with Crippen LogP contribution < -0.4 is 0 Å². The molecular formula is C19H21NO. The van der Waals surface area contributed by atoms with Gasteiger partial charge in [0.05, 0.1) is 0 Å². The van der Waals surface area contributed by atoms with E-state index in [2.05, 4.69) is 24.3 Å². The van der Waals surface area contributed by atoms with E-state index in [0.717, 1.165) is 18.7 Å². The van der Waals surface area contributed by atoms with Crippen LogP contribution >= 0.6 is 0 Å². The van der Waals surface area contributed by atoms with Gasteiger partial charge in [-0.15, -0.1) is 0 Å². The molecule has 0 saturated carbocycles. The molecule has 0 aliphatic carbocycles. The molecule has 2 aromatic rings. The Labute approximate surface area is 126 Å². The number of hydrogen-bond acceptors (Lipinski definition) is 1. The summed E-state index contributed by atoms with van der Waals surface area (Å²) in [7, 11) is 0. The SMILES string of the molecule is CCN(CC)C(=O)/C=C/c1ccc(-c2ccccc2)cc1. The minimum absolute atomic E-state index is 0.0622. The van der Waals surface area contributed by atoms with Crippen LogP contribution in [0.1, 0.15) is 19.4 Å². The Kier molecular flexibility index (Phi) is 5.33. The molecule has 2 nitrogen and oxygen atoms in total. The second-order valence-electron chi connectivity index (χ2n) is 4.83. The number of hydrogen-bond donors (Lipinski definition) is 0. The summed E-state index contributed by atoms with van der Waals surface area (Å²) < 4.78 is 0. The van der Waals surface area contributed by atoms with Crippen LogP contribution in [0.15, 0.2) is 60.7 Å². The van der Waals surface area contributed by atoms with E-state index in [4.69, 9.17) is 0 Å². The van der Waals surface area contributed by atoms with Crippen molar-refractivity contribution in [1.29, 1.82) is 0 Å². The highest BCUT2D eigenvalue weighted by Gasteiger charge is 2.04. The van der Waals surface area contributed by atoms with E-state index in [9.17, 15) is 4.79 Å². The van der Waals surface area contributed by atoms with Crippen LogP contribution in [0.3, 0.4) is 0 Å². The molecule has 0 aromatic heterocycles. The molecule has 0 atom stereocenters. The number of benzene rings is 2. The predicted octanol–water partition coefficient (Wildman–Crippen LogP) is 4.24. The second kappa shape index (κ2) is 7.44. The molecular weight excluding hydrogens is 258 g/mol. The molecule has 0 unspecified atom stereocenters. The second-order valence-corrected chi connectivity index (χ2v) is 4.83. The lowest BCUT2D eigenvalue weighted by Crippen LogP contribution is -2.28. The van der Waals surface area contributed by atoms with Crippen LogP contribution in [0.25, 0.3) is 17.2 Å². The fourth-order valence-electron chi connectivity index (χ4n) is 2.23. The molecule has 108 valence electrons. The van der Waals surface area contributed by atoms with Gasteiger partial charge in [-0.25, -0.2) is 0 Å². The average molecular weight is 279 g/mol. The zero-order valence-electron chi connectivity index (χ0n) is 12.6. The standard InChI is InChI=1S/C19H21NO/c1-3-20(4-2)19(21)15-12-16-10-13-18(14-11-16)17-8-6-5-7-9-17/h5-15H,3-4H2,1-2H3/b15-12+. The normalized spacial score (nSPS) is 10.8. The van der Waals surface area contributed by atoms with E-state index in [1.54, 1.807) is 11.0 Å². The van der Waals surface area contributed by atoms with E-state index in [-0.39, 0.29) is 5.91 Å². The Morgan fingerprint density at radius 3 is 2.05 bits per heavy atom. The quantitative estimate of drug-likeness (QED) is 0.750. The van der Waals surface area contributed by atoms with Gasteiger partial charge in [0, 0.05) is 19.2 Å². The van der Waals surface area contributed by atoms with E-state index >= 15 is 0 Å². The number of likely N-dealkylation sites (N-methyl/N-ethyl adjacent to an activating group) is 1. The fraction of sp³-hybridized carbons (Fsp3) is 0.211. The smallest absolute Gasteiger partial charge is 0.246 e. The van der Waals surface area contributed by atoms with Crippen molar-refractivity contribution in [2.75, 3.05) is 13.1 Å². The van der Waals surface area contributed by atoms with E-state index in [1.165, 1.54) is 11.1 Å². The monoisotopic (exact) mass is 279 g/mol. The van der Waals surface area contributed by atoms with Crippen molar-refractivity contribution in [2.45, 2.75) is 13.8 Å². The largest absolute Gasteiger partial charge is 0.340 e. The molecule has 1 amide bonds. The van der Waals surface area contributed by atoms with Crippen molar-refractivity contribution in [2.24, 2.45) is 0 Å². The summed E-state index contributed by atoms with van der Waals surface area (Å²) in [5.41, 5.74) is 3.42. The lowest BCUT2D eigenvalue weighted by Gasteiger charge is -2.15. The van der Waals surface area contributed by atoms with Crippen molar-refractivity contribution in [3.8, 4) is 11.1 Å². The molecule has 0 radical (unpaired) electrons. The van der Waals surface area contributed by atoms with Crippen LogP contribution in [0.2, 0.25) is 0 Å². The van der Waals surface area contributed by atoms with Crippen molar-refractivity contribution in [3.05, 3.63) is 66.2 Å². The van der Waals surface area contributed by atoms with Crippen LogP contribution in [0.5, 0.6) is 0 Å². The Morgan fingerprint density at radius 2 is 1.48 bits per heavy atom. The molecule has 0 bridgehead atoms. The van der Waals surface area contributed by atoms with Gasteiger partial charge in [-0.2, -0.15) is 0 Å². The molecule has 2 rings (SSSR count). The van der Waals surface area contributed by atoms with Gasteiger partial charge in [0.25, 0.3) is 0 Å². The highest BCUT2D eigenvalue weighted by atomic mass is 16.2. The number of nitrogens with zero attached hydrogens (tertiary/aromatic N) is 1. The van der Waals surface area contributed by atoms with E-state index in [1.807, 2.05) is 50.3 Å². The van der Waals surface area contributed by atoms with Crippen LogP contribution in [-0.2, 0) is 4.79 Å². The predicted molar refractivity (Wildman–Crippen MR) is 88.8 cm³/mol. The molecule has 21 heavy (non-hydrogen) atoms. The first-order valence-electron chi connectivity index (χ1n) is 7.37. The highest BCUT2D eigenvalue weighted by molar-refractivity contribution is 5.91. The Morgan fingerprint density at radius 1 is 0.905 bits per heavy atom. The number of rotatable bonds is 5. The number of carbonyl (C=O) groups is 1. The Balaban J connectivity index is 2.08. The maximum atomic E-state index is 11.9. The fourth-order valence-corrected chi connectivity index (χ4v) is 2.23. The van der Waals surface area contributed by atoms with E-state index < -0.39 is 0 Å². The molecule has 0 aliphatic heterocycles. The molecule has 0 saturated heterocycles. The first kappa shape index (κ1) is 15.0. The molecule has 0 fully saturated rings. The number of carbonyl (C=O) groups excluding carboxylic acids is 1. The third kappa shape index (κ3) is 4.06. The zero-order chi connectivity index (χ0) is 15.1. The van der Waals surface area contributed by atoms with Gasteiger partial charge < -0.3 is 4.90 Å². The Bertz CT molecular complexity index is 595. The van der Waals surface area contributed by atoms with Gasteiger partial charge in [0.15, 0.2) is 0 Å². The van der Waals surface area contributed by atoms with Crippen LogP contribution in [-0.4, -0.2) is 23.9 Å². The van der Waals surface area contributed by atoms with Crippen LogP contribution in [0, 0.1) is 0 Å². The molecule has 0 aliphatic rings.